The lowest BCUT2D eigenvalue weighted by molar-refractivity contribution is -0.161. The number of hydrogen-bond acceptors (Lipinski definition) is 3. The van der Waals surface area contributed by atoms with Gasteiger partial charge in [-0.3, -0.25) is 4.79 Å². The van der Waals surface area contributed by atoms with Gasteiger partial charge in [0.1, 0.15) is 0 Å². The number of carboxylic acids is 1. The smallest absolute Gasteiger partial charge is 0.309 e. The number of hydrogen-bond donors (Lipinski definition) is 3. The third kappa shape index (κ3) is 1.79. The summed E-state index contributed by atoms with van der Waals surface area (Å²) < 4.78 is 0. The first-order valence-electron chi connectivity index (χ1n) is 9.46. The molecule has 0 aromatic heterocycles. The van der Waals surface area contributed by atoms with Gasteiger partial charge in [0.05, 0.1) is 18.1 Å². The summed E-state index contributed by atoms with van der Waals surface area (Å²) in [6, 6.07) is 0. The minimum atomic E-state index is -0.651. The molecule has 0 amide bonds. The molecule has 4 aliphatic carbocycles. The van der Waals surface area contributed by atoms with E-state index in [1.807, 2.05) is 6.92 Å². The van der Waals surface area contributed by atoms with E-state index >= 15 is 0 Å². The summed E-state index contributed by atoms with van der Waals surface area (Å²) in [7, 11) is 0. The highest BCUT2D eigenvalue weighted by molar-refractivity contribution is 5.75. The highest BCUT2D eigenvalue weighted by Gasteiger charge is 2.66. The van der Waals surface area contributed by atoms with E-state index in [1.165, 1.54) is 5.57 Å². The van der Waals surface area contributed by atoms with E-state index in [1.54, 1.807) is 0 Å². The number of carbonyl (C=O) groups is 1. The summed E-state index contributed by atoms with van der Waals surface area (Å²) in [5.41, 5.74) is 0.326. The molecule has 24 heavy (non-hydrogen) atoms. The molecule has 0 unspecified atom stereocenters. The van der Waals surface area contributed by atoms with Gasteiger partial charge in [-0.2, -0.15) is 0 Å². The van der Waals surface area contributed by atoms with Crippen LogP contribution in [0.3, 0.4) is 0 Å². The molecule has 0 saturated heterocycles. The molecule has 4 aliphatic rings. The van der Waals surface area contributed by atoms with Crippen LogP contribution in [0.4, 0.5) is 0 Å². The predicted molar refractivity (Wildman–Crippen MR) is 90.3 cm³/mol. The van der Waals surface area contributed by atoms with Gasteiger partial charge in [0, 0.05) is 5.41 Å². The molecule has 4 nitrogen and oxygen atoms in total. The standard InChI is InChI=1S/C20H30O4/c1-17-6-3-7-18(2,16(23)24)13(17)4-8-19-10-15(22)20(11-19,12-21)9-5-14(17)19/h5,13,15,21-22H,3-4,6-12H2,1-2H3,(H,23,24)/t13-,15+,17+,18+,19+,20+/m0/s1. The van der Waals surface area contributed by atoms with Gasteiger partial charge in [-0.15, -0.1) is 0 Å². The van der Waals surface area contributed by atoms with E-state index in [2.05, 4.69) is 13.0 Å². The first kappa shape index (κ1) is 16.6. The Morgan fingerprint density at radius 1 is 1.29 bits per heavy atom. The third-order valence-electron chi connectivity index (χ3n) is 8.53. The Morgan fingerprint density at radius 2 is 2.04 bits per heavy atom. The van der Waals surface area contributed by atoms with Gasteiger partial charge in [0.15, 0.2) is 0 Å². The Labute approximate surface area is 144 Å². The molecule has 2 bridgehead atoms. The number of fused-ring (bicyclic) bond motifs is 3. The van der Waals surface area contributed by atoms with Crippen LogP contribution in [-0.2, 0) is 4.79 Å². The van der Waals surface area contributed by atoms with Crippen LogP contribution >= 0.6 is 0 Å². The maximum absolute atomic E-state index is 12.0. The molecular formula is C20H30O4. The van der Waals surface area contributed by atoms with Crippen molar-refractivity contribution in [1.82, 2.24) is 0 Å². The average Bonchev–Trinajstić information content (AvgIpc) is 2.73. The van der Waals surface area contributed by atoms with Crippen molar-refractivity contribution in [3.8, 4) is 0 Å². The third-order valence-corrected chi connectivity index (χ3v) is 8.53. The topological polar surface area (TPSA) is 77.8 Å². The molecule has 0 aliphatic heterocycles. The van der Waals surface area contributed by atoms with Gasteiger partial charge in [0.25, 0.3) is 0 Å². The Morgan fingerprint density at radius 3 is 2.71 bits per heavy atom. The summed E-state index contributed by atoms with van der Waals surface area (Å²) in [6.45, 7) is 4.27. The van der Waals surface area contributed by atoms with E-state index in [4.69, 9.17) is 0 Å². The fourth-order valence-electron chi connectivity index (χ4n) is 7.29. The molecule has 134 valence electrons. The van der Waals surface area contributed by atoms with Gasteiger partial charge >= 0.3 is 5.97 Å². The number of rotatable bonds is 2. The van der Waals surface area contributed by atoms with Crippen molar-refractivity contribution >= 4 is 5.97 Å². The first-order chi connectivity index (χ1) is 11.2. The minimum Gasteiger partial charge on any atom is -0.481 e. The second kappa shape index (κ2) is 4.85. The van der Waals surface area contributed by atoms with Crippen LogP contribution in [0.2, 0.25) is 0 Å². The van der Waals surface area contributed by atoms with Crippen LogP contribution in [-0.4, -0.2) is 34.0 Å². The summed E-state index contributed by atoms with van der Waals surface area (Å²) in [5, 5.41) is 30.5. The SMILES string of the molecule is C[C@@]1(C(=O)O)CCC[C@@]2(C)C3=CC[C@]4(CO)C[C@@]3(CC[C@H]12)C[C@H]4O. The maximum atomic E-state index is 12.0. The summed E-state index contributed by atoms with van der Waals surface area (Å²) in [5.74, 6) is -0.477. The zero-order chi connectivity index (χ0) is 17.4. The van der Waals surface area contributed by atoms with Crippen LogP contribution in [0.5, 0.6) is 0 Å². The number of allylic oxidation sites excluding steroid dienone is 2. The summed E-state index contributed by atoms with van der Waals surface area (Å²) in [4.78, 5) is 12.0. The molecule has 0 aromatic carbocycles. The normalized spacial score (nSPS) is 53.1. The second-order valence-corrected chi connectivity index (χ2v) is 9.60. The van der Waals surface area contributed by atoms with Gasteiger partial charge in [0.2, 0.25) is 0 Å². The van der Waals surface area contributed by atoms with Crippen LogP contribution < -0.4 is 0 Å². The highest BCUT2D eigenvalue weighted by atomic mass is 16.4. The number of aliphatic hydroxyl groups is 2. The Kier molecular flexibility index (Phi) is 3.35. The van der Waals surface area contributed by atoms with Crippen molar-refractivity contribution in [2.75, 3.05) is 6.61 Å². The monoisotopic (exact) mass is 334 g/mol. The van der Waals surface area contributed by atoms with E-state index in [0.717, 1.165) is 51.4 Å². The zero-order valence-electron chi connectivity index (χ0n) is 14.8. The quantitative estimate of drug-likeness (QED) is 0.678. The average molecular weight is 334 g/mol. The van der Waals surface area contributed by atoms with Crippen molar-refractivity contribution < 1.29 is 20.1 Å². The van der Waals surface area contributed by atoms with Crippen LogP contribution in [0.1, 0.15) is 65.2 Å². The molecule has 4 heteroatoms. The lowest BCUT2D eigenvalue weighted by Gasteiger charge is -2.60. The molecule has 4 rings (SSSR count). The van der Waals surface area contributed by atoms with E-state index in [0.29, 0.717) is 0 Å². The fourth-order valence-corrected chi connectivity index (χ4v) is 7.29. The van der Waals surface area contributed by atoms with Gasteiger partial charge in [-0.05, 0) is 68.6 Å². The molecule has 0 heterocycles. The van der Waals surface area contributed by atoms with Crippen molar-refractivity contribution in [3.63, 3.8) is 0 Å². The zero-order valence-corrected chi connectivity index (χ0v) is 14.8. The van der Waals surface area contributed by atoms with Gasteiger partial charge in [-0.25, -0.2) is 0 Å². The van der Waals surface area contributed by atoms with Crippen LogP contribution in [0.25, 0.3) is 0 Å². The Bertz CT molecular complexity index is 613. The second-order valence-electron chi connectivity index (χ2n) is 9.60. The largest absolute Gasteiger partial charge is 0.481 e. The van der Waals surface area contributed by atoms with Crippen molar-refractivity contribution in [1.29, 1.82) is 0 Å². The molecule has 1 spiro atoms. The molecular weight excluding hydrogens is 304 g/mol. The Balaban J connectivity index is 1.79. The van der Waals surface area contributed by atoms with E-state index in [9.17, 15) is 20.1 Å². The van der Waals surface area contributed by atoms with Crippen molar-refractivity contribution in [2.24, 2.45) is 27.6 Å². The lowest BCUT2D eigenvalue weighted by atomic mass is 9.43. The molecule has 3 saturated carbocycles. The highest BCUT2D eigenvalue weighted by Crippen LogP contribution is 2.71. The van der Waals surface area contributed by atoms with Crippen molar-refractivity contribution in [3.05, 3.63) is 11.6 Å². The Hall–Kier alpha value is -0.870. The predicted octanol–water partition coefficient (Wildman–Crippen LogP) is 3.13. The lowest BCUT2D eigenvalue weighted by Crippen LogP contribution is -2.54. The molecule has 3 fully saturated rings. The molecule has 0 aromatic rings. The minimum absolute atomic E-state index is 0.0115. The number of aliphatic carboxylic acids is 1. The van der Waals surface area contributed by atoms with Gasteiger partial charge in [-0.1, -0.05) is 25.0 Å². The first-order valence-corrected chi connectivity index (χ1v) is 9.46. The number of carboxylic acid groups (broad SMARTS) is 1. The van der Waals surface area contributed by atoms with Crippen LogP contribution in [0.15, 0.2) is 11.6 Å². The molecule has 3 N–H and O–H groups in total. The van der Waals surface area contributed by atoms with Crippen molar-refractivity contribution in [2.45, 2.75) is 71.3 Å². The van der Waals surface area contributed by atoms with E-state index in [-0.39, 0.29) is 28.8 Å². The maximum Gasteiger partial charge on any atom is 0.309 e. The molecule has 0 radical (unpaired) electrons. The molecule has 6 atom stereocenters. The number of aliphatic hydroxyl groups excluding tert-OH is 2. The van der Waals surface area contributed by atoms with Crippen LogP contribution in [0, 0.1) is 27.6 Å². The fraction of sp³-hybridized carbons (Fsp3) is 0.850. The summed E-state index contributed by atoms with van der Waals surface area (Å²) in [6.07, 6.45) is 8.85. The van der Waals surface area contributed by atoms with E-state index < -0.39 is 17.5 Å². The summed E-state index contributed by atoms with van der Waals surface area (Å²) >= 11 is 0. The van der Waals surface area contributed by atoms with Gasteiger partial charge < -0.3 is 15.3 Å².